The third-order valence-electron chi connectivity index (χ3n) is 1.63. The van der Waals surface area contributed by atoms with Crippen LogP contribution in [0.25, 0.3) is 0 Å². The fourth-order valence-electron chi connectivity index (χ4n) is 0.936. The molecule has 0 atom stereocenters. The lowest BCUT2D eigenvalue weighted by Crippen LogP contribution is -2.11. The number of rotatable bonds is 2. The second-order valence-corrected chi connectivity index (χ2v) is 3.02. The number of carboxylic acid groups (broad SMARTS) is 1. The molecule has 0 spiro atoms. The third-order valence-corrected chi connectivity index (χ3v) is 1.96. The highest BCUT2D eigenvalue weighted by Crippen LogP contribution is 2.20. The van der Waals surface area contributed by atoms with Crippen LogP contribution in [0.2, 0.25) is 5.02 Å². The van der Waals surface area contributed by atoms with Crippen molar-refractivity contribution in [1.82, 2.24) is 0 Å². The summed E-state index contributed by atoms with van der Waals surface area (Å²) in [4.78, 5) is 21.5. The zero-order valence-electron chi connectivity index (χ0n) is 7.78. The molecule has 5 nitrogen and oxygen atoms in total. The number of hydrogen-bond acceptors (Lipinski definition) is 3. The molecule has 2 N–H and O–H groups in total. The van der Waals surface area contributed by atoms with Crippen LogP contribution >= 0.6 is 11.6 Å². The maximum Gasteiger partial charge on any atom is 0.411 e. The van der Waals surface area contributed by atoms with Crippen LogP contribution in [0.15, 0.2) is 18.2 Å². The Morgan fingerprint density at radius 1 is 1.47 bits per heavy atom. The average molecular weight is 230 g/mol. The van der Waals surface area contributed by atoms with E-state index in [0.717, 1.165) is 0 Å². The predicted octanol–water partition coefficient (Wildman–Crippen LogP) is 2.22. The lowest BCUT2D eigenvalue weighted by molar-refractivity contribution is 0.0697. The van der Waals surface area contributed by atoms with E-state index in [4.69, 9.17) is 16.7 Å². The number of ether oxygens (including phenoxy) is 1. The second kappa shape index (κ2) is 4.65. The topological polar surface area (TPSA) is 75.6 Å². The zero-order chi connectivity index (χ0) is 11.4. The summed E-state index contributed by atoms with van der Waals surface area (Å²) in [5.74, 6) is -1.16. The number of methoxy groups -OCH3 is 1. The van der Waals surface area contributed by atoms with Crippen molar-refractivity contribution in [1.29, 1.82) is 0 Å². The summed E-state index contributed by atoms with van der Waals surface area (Å²) in [7, 11) is 1.21. The van der Waals surface area contributed by atoms with Gasteiger partial charge in [0.1, 0.15) is 0 Å². The number of benzene rings is 1. The zero-order valence-corrected chi connectivity index (χ0v) is 8.54. The Balaban J connectivity index is 2.97. The van der Waals surface area contributed by atoms with E-state index in [1.165, 1.54) is 25.3 Å². The van der Waals surface area contributed by atoms with Gasteiger partial charge in [-0.05, 0) is 18.2 Å². The summed E-state index contributed by atoms with van der Waals surface area (Å²) in [6.45, 7) is 0. The standard InChI is InChI=1S/C9H8ClNO4/c1-15-9(14)11-5-2-3-7(10)6(4-5)8(12)13/h2-4H,1H3,(H,11,14)(H,12,13). The van der Waals surface area contributed by atoms with Crippen LogP contribution in [-0.4, -0.2) is 24.3 Å². The molecule has 0 saturated carbocycles. The van der Waals surface area contributed by atoms with Crippen molar-refractivity contribution in [3.05, 3.63) is 28.8 Å². The summed E-state index contributed by atoms with van der Waals surface area (Å²) in [5, 5.41) is 11.2. The van der Waals surface area contributed by atoms with Crippen molar-refractivity contribution < 1.29 is 19.4 Å². The van der Waals surface area contributed by atoms with E-state index in [9.17, 15) is 9.59 Å². The van der Waals surface area contributed by atoms with Crippen LogP contribution < -0.4 is 5.32 Å². The molecular formula is C9H8ClNO4. The first kappa shape index (κ1) is 11.3. The average Bonchev–Trinajstić information content (AvgIpc) is 2.20. The predicted molar refractivity (Wildman–Crippen MR) is 54.4 cm³/mol. The number of carboxylic acids is 1. The van der Waals surface area contributed by atoms with Gasteiger partial charge in [0.25, 0.3) is 0 Å². The Hall–Kier alpha value is -1.75. The molecule has 0 bridgehead atoms. The highest BCUT2D eigenvalue weighted by atomic mass is 35.5. The Morgan fingerprint density at radius 2 is 2.13 bits per heavy atom. The fourth-order valence-corrected chi connectivity index (χ4v) is 1.13. The number of carbonyl (C=O) groups is 2. The number of aromatic carboxylic acids is 1. The first-order valence-corrected chi connectivity index (χ1v) is 4.30. The number of hydrogen-bond donors (Lipinski definition) is 2. The number of halogens is 1. The van der Waals surface area contributed by atoms with Gasteiger partial charge in [0, 0.05) is 5.69 Å². The third kappa shape index (κ3) is 2.85. The Morgan fingerprint density at radius 3 is 2.67 bits per heavy atom. The lowest BCUT2D eigenvalue weighted by atomic mass is 10.2. The first-order valence-electron chi connectivity index (χ1n) is 3.92. The monoisotopic (exact) mass is 229 g/mol. The summed E-state index contributed by atoms with van der Waals surface area (Å²) in [5.41, 5.74) is 0.231. The maximum atomic E-state index is 10.8. The minimum Gasteiger partial charge on any atom is -0.478 e. The normalized spacial score (nSPS) is 9.47. The van der Waals surface area contributed by atoms with Gasteiger partial charge in [-0.2, -0.15) is 0 Å². The molecule has 1 amide bonds. The van der Waals surface area contributed by atoms with Gasteiger partial charge in [0.2, 0.25) is 0 Å². The van der Waals surface area contributed by atoms with Crippen molar-refractivity contribution in [3.8, 4) is 0 Å². The summed E-state index contributed by atoms with van der Waals surface area (Å²) in [6.07, 6.45) is -0.673. The molecule has 1 aromatic rings. The summed E-state index contributed by atoms with van der Waals surface area (Å²) < 4.78 is 4.35. The molecule has 0 saturated heterocycles. The molecule has 15 heavy (non-hydrogen) atoms. The van der Waals surface area contributed by atoms with E-state index in [1.807, 2.05) is 0 Å². The van der Waals surface area contributed by atoms with E-state index in [0.29, 0.717) is 5.69 Å². The molecule has 1 rings (SSSR count). The Bertz CT molecular complexity index is 405. The maximum absolute atomic E-state index is 10.8. The van der Waals surface area contributed by atoms with E-state index in [-0.39, 0.29) is 10.6 Å². The van der Waals surface area contributed by atoms with Crippen molar-refractivity contribution >= 4 is 29.4 Å². The van der Waals surface area contributed by atoms with Gasteiger partial charge in [-0.1, -0.05) is 11.6 Å². The van der Waals surface area contributed by atoms with E-state index in [2.05, 4.69) is 10.1 Å². The van der Waals surface area contributed by atoms with Crippen LogP contribution in [0.5, 0.6) is 0 Å². The first-order chi connectivity index (χ1) is 7.04. The van der Waals surface area contributed by atoms with Crippen LogP contribution in [-0.2, 0) is 4.74 Å². The summed E-state index contributed by atoms with van der Waals surface area (Å²) >= 11 is 5.64. The van der Waals surface area contributed by atoms with Crippen molar-refractivity contribution in [2.24, 2.45) is 0 Å². The Kier molecular flexibility index (Phi) is 3.51. The van der Waals surface area contributed by atoms with Crippen molar-refractivity contribution in [2.75, 3.05) is 12.4 Å². The molecule has 0 heterocycles. The fraction of sp³-hybridized carbons (Fsp3) is 0.111. The molecule has 1 aromatic carbocycles. The number of amides is 1. The highest BCUT2D eigenvalue weighted by molar-refractivity contribution is 6.33. The molecule has 6 heteroatoms. The summed E-state index contributed by atoms with van der Waals surface area (Å²) in [6, 6.07) is 4.11. The minimum atomic E-state index is -1.16. The van der Waals surface area contributed by atoms with Gasteiger partial charge in [-0.25, -0.2) is 9.59 Å². The molecule has 0 aromatic heterocycles. The molecule has 0 fully saturated rings. The largest absolute Gasteiger partial charge is 0.478 e. The van der Waals surface area contributed by atoms with Crippen molar-refractivity contribution in [2.45, 2.75) is 0 Å². The molecule has 0 aliphatic heterocycles. The molecule has 0 aliphatic rings. The van der Waals surface area contributed by atoms with Gasteiger partial charge < -0.3 is 9.84 Å². The second-order valence-electron chi connectivity index (χ2n) is 2.62. The van der Waals surface area contributed by atoms with Gasteiger partial charge in [0.15, 0.2) is 0 Å². The molecular weight excluding hydrogens is 222 g/mol. The van der Waals surface area contributed by atoms with Crippen LogP contribution in [0.1, 0.15) is 10.4 Å². The van der Waals surface area contributed by atoms with Crippen molar-refractivity contribution in [3.63, 3.8) is 0 Å². The van der Waals surface area contributed by atoms with Crippen LogP contribution in [0.4, 0.5) is 10.5 Å². The molecule has 80 valence electrons. The smallest absolute Gasteiger partial charge is 0.411 e. The quantitative estimate of drug-likeness (QED) is 0.815. The van der Waals surface area contributed by atoms with E-state index >= 15 is 0 Å². The molecule has 0 unspecified atom stereocenters. The van der Waals surface area contributed by atoms with Gasteiger partial charge in [0.05, 0.1) is 17.7 Å². The van der Waals surface area contributed by atoms with Gasteiger partial charge >= 0.3 is 12.1 Å². The van der Waals surface area contributed by atoms with Gasteiger partial charge in [-0.3, -0.25) is 5.32 Å². The number of anilines is 1. The van der Waals surface area contributed by atoms with Crippen LogP contribution in [0.3, 0.4) is 0 Å². The van der Waals surface area contributed by atoms with Gasteiger partial charge in [-0.15, -0.1) is 0 Å². The lowest BCUT2D eigenvalue weighted by Gasteiger charge is -2.05. The number of nitrogens with one attached hydrogen (secondary N) is 1. The van der Waals surface area contributed by atoms with Crippen LogP contribution in [0, 0.1) is 0 Å². The SMILES string of the molecule is COC(=O)Nc1ccc(Cl)c(C(=O)O)c1. The van der Waals surface area contributed by atoms with E-state index in [1.54, 1.807) is 0 Å². The molecule has 0 aliphatic carbocycles. The minimum absolute atomic E-state index is 0.0782. The Labute approximate surface area is 90.6 Å². The van der Waals surface area contributed by atoms with E-state index < -0.39 is 12.1 Å². The highest BCUT2D eigenvalue weighted by Gasteiger charge is 2.10. The molecule has 0 radical (unpaired) electrons. The number of carbonyl (C=O) groups excluding carboxylic acids is 1.